The molecule has 0 aliphatic rings. The molecule has 0 aliphatic carbocycles. The van der Waals surface area contributed by atoms with Gasteiger partial charge in [0.15, 0.2) is 5.82 Å². The maximum absolute atomic E-state index is 15.6. The molecule has 0 saturated heterocycles. The van der Waals surface area contributed by atoms with E-state index in [1.807, 2.05) is 67.4 Å². The molecule has 6 rings (SSSR count). The average molecular weight is 594 g/mol. The van der Waals surface area contributed by atoms with Crippen LogP contribution in [0, 0.1) is 18.6 Å². The van der Waals surface area contributed by atoms with Crippen LogP contribution in [0.1, 0.15) is 15.9 Å². The van der Waals surface area contributed by atoms with Crippen molar-refractivity contribution in [1.29, 1.82) is 0 Å². The van der Waals surface area contributed by atoms with E-state index in [-0.39, 0.29) is 33.9 Å². The number of aromatic nitrogens is 4. The van der Waals surface area contributed by atoms with Crippen molar-refractivity contribution in [2.24, 2.45) is 0 Å². The van der Waals surface area contributed by atoms with E-state index in [1.54, 1.807) is 31.2 Å². The maximum atomic E-state index is 15.6. The van der Waals surface area contributed by atoms with Crippen molar-refractivity contribution in [3.8, 4) is 45.3 Å². The zero-order valence-electron chi connectivity index (χ0n) is 24.3. The first-order valence-corrected chi connectivity index (χ1v) is 13.9. The van der Waals surface area contributed by atoms with Gasteiger partial charge in [-0.1, -0.05) is 54.6 Å². The Morgan fingerprint density at radius 2 is 1.59 bits per heavy atom. The van der Waals surface area contributed by atoms with Crippen LogP contribution in [0.2, 0.25) is 0 Å². The third-order valence-electron chi connectivity index (χ3n) is 7.41. The number of benzene rings is 4. The normalized spacial score (nSPS) is 11.4. The third kappa shape index (κ3) is 5.80. The Kier molecular flexibility index (Phi) is 7.67. The number of carbonyl (C=O) groups is 1. The molecule has 4 aromatic carbocycles. The lowest BCUT2D eigenvalue weighted by Crippen LogP contribution is -2.18. The summed E-state index contributed by atoms with van der Waals surface area (Å²) >= 11 is 0. The molecule has 2 aromatic heterocycles. The van der Waals surface area contributed by atoms with Crippen molar-refractivity contribution in [1.82, 2.24) is 24.6 Å². The highest BCUT2D eigenvalue weighted by atomic mass is 19.1. The summed E-state index contributed by atoms with van der Waals surface area (Å²) in [5.74, 6) is -2.48. The number of fused-ring (bicyclic) bond motifs is 1. The summed E-state index contributed by atoms with van der Waals surface area (Å²) in [6.45, 7) is 3.38. The van der Waals surface area contributed by atoms with Gasteiger partial charge in [-0.05, 0) is 61.5 Å². The molecule has 0 atom stereocenters. The van der Waals surface area contributed by atoms with Gasteiger partial charge in [0.25, 0.3) is 6.01 Å². The van der Waals surface area contributed by atoms with Gasteiger partial charge in [-0.25, -0.2) is 13.6 Å². The van der Waals surface area contributed by atoms with Gasteiger partial charge in [0.05, 0.1) is 28.9 Å². The molecule has 2 N–H and O–H groups in total. The Hall–Kier alpha value is -5.35. The van der Waals surface area contributed by atoms with E-state index in [0.29, 0.717) is 11.1 Å². The van der Waals surface area contributed by atoms with E-state index >= 15 is 8.78 Å². The molecular formula is C34H29F2N5O3. The highest BCUT2D eigenvalue weighted by Crippen LogP contribution is 2.34. The van der Waals surface area contributed by atoms with Crippen molar-refractivity contribution < 1.29 is 23.4 Å². The van der Waals surface area contributed by atoms with Crippen molar-refractivity contribution in [3.05, 3.63) is 108 Å². The summed E-state index contributed by atoms with van der Waals surface area (Å²) in [4.78, 5) is 20.5. The average Bonchev–Trinajstić information content (AvgIpc) is 3.65. The summed E-state index contributed by atoms with van der Waals surface area (Å²) in [6, 6.07) is 22.6. The SMILES string of the molecule is Cc1ccc(Oc2nc3c(F)c(-c4ccc(-c5ccc(-c6ccn(CCN(C)C)n6)cc5)cc4)c(F)cc3[nH]2)cc1C(=O)O. The van der Waals surface area contributed by atoms with Crippen LogP contribution in [0.25, 0.3) is 44.5 Å². The summed E-state index contributed by atoms with van der Waals surface area (Å²) in [6.07, 6.45) is 1.97. The van der Waals surface area contributed by atoms with Crippen LogP contribution in [0.5, 0.6) is 11.8 Å². The van der Waals surface area contributed by atoms with Gasteiger partial charge < -0.3 is 19.7 Å². The highest BCUT2D eigenvalue weighted by molar-refractivity contribution is 5.90. The van der Waals surface area contributed by atoms with Crippen LogP contribution < -0.4 is 4.74 Å². The number of aromatic carboxylic acids is 1. The van der Waals surface area contributed by atoms with Gasteiger partial charge in [-0.2, -0.15) is 10.1 Å². The molecule has 222 valence electrons. The fourth-order valence-electron chi connectivity index (χ4n) is 4.98. The summed E-state index contributed by atoms with van der Waals surface area (Å²) in [5, 5.41) is 14.0. The van der Waals surface area contributed by atoms with Gasteiger partial charge >= 0.3 is 5.97 Å². The Bertz CT molecular complexity index is 1980. The van der Waals surface area contributed by atoms with Gasteiger partial charge in [0.1, 0.15) is 17.1 Å². The van der Waals surface area contributed by atoms with Crippen molar-refractivity contribution in [2.75, 3.05) is 20.6 Å². The number of carboxylic acid groups (broad SMARTS) is 1. The number of rotatable bonds is 9. The number of hydrogen-bond donors (Lipinski definition) is 2. The predicted molar refractivity (Wildman–Crippen MR) is 165 cm³/mol. The molecule has 0 radical (unpaired) electrons. The first-order valence-electron chi connectivity index (χ1n) is 13.9. The zero-order valence-corrected chi connectivity index (χ0v) is 24.3. The number of halogens is 2. The lowest BCUT2D eigenvalue weighted by Gasteiger charge is -2.09. The quantitative estimate of drug-likeness (QED) is 0.181. The largest absolute Gasteiger partial charge is 0.478 e. The molecule has 10 heteroatoms. The number of aryl methyl sites for hydroxylation is 1. The molecule has 6 aromatic rings. The van der Waals surface area contributed by atoms with Crippen LogP contribution in [0.15, 0.2) is 85.1 Å². The van der Waals surface area contributed by atoms with Crippen LogP contribution in [-0.4, -0.2) is 56.4 Å². The van der Waals surface area contributed by atoms with Crippen molar-refractivity contribution in [2.45, 2.75) is 13.5 Å². The fourth-order valence-corrected chi connectivity index (χ4v) is 4.98. The number of carboxylic acids is 1. The molecule has 0 saturated carbocycles. The van der Waals surface area contributed by atoms with E-state index in [9.17, 15) is 9.90 Å². The second-order valence-corrected chi connectivity index (χ2v) is 10.8. The monoisotopic (exact) mass is 593 g/mol. The molecule has 0 amide bonds. The predicted octanol–water partition coefficient (Wildman–Crippen LogP) is 7.40. The van der Waals surface area contributed by atoms with Gasteiger partial charge in [-0.3, -0.25) is 4.68 Å². The van der Waals surface area contributed by atoms with Crippen LogP contribution in [0.4, 0.5) is 8.78 Å². The molecule has 0 fully saturated rings. The van der Waals surface area contributed by atoms with Crippen molar-refractivity contribution in [3.63, 3.8) is 0 Å². The number of imidazole rings is 1. The minimum atomic E-state index is -1.10. The third-order valence-corrected chi connectivity index (χ3v) is 7.41. The number of nitrogens with zero attached hydrogens (tertiary/aromatic N) is 4. The summed E-state index contributed by atoms with van der Waals surface area (Å²) < 4.78 is 38.4. The second kappa shape index (κ2) is 11.7. The molecule has 44 heavy (non-hydrogen) atoms. The highest BCUT2D eigenvalue weighted by Gasteiger charge is 2.20. The first kappa shape index (κ1) is 28.8. The number of nitrogens with one attached hydrogen (secondary N) is 1. The molecule has 0 bridgehead atoms. The number of aromatic amines is 1. The Morgan fingerprint density at radius 1 is 0.932 bits per heavy atom. The number of ether oxygens (including phenoxy) is 1. The van der Waals surface area contributed by atoms with Gasteiger partial charge in [0.2, 0.25) is 0 Å². The van der Waals surface area contributed by atoms with Gasteiger partial charge in [0, 0.05) is 24.4 Å². The zero-order chi connectivity index (χ0) is 31.0. The number of hydrogen-bond acceptors (Lipinski definition) is 5. The van der Waals surface area contributed by atoms with Crippen LogP contribution in [0.3, 0.4) is 0 Å². The summed E-state index contributed by atoms with van der Waals surface area (Å²) in [5.41, 5.74) is 4.56. The van der Waals surface area contributed by atoms with Crippen molar-refractivity contribution >= 4 is 17.0 Å². The molecular weight excluding hydrogens is 564 g/mol. The molecule has 0 aliphatic heterocycles. The lowest BCUT2D eigenvalue weighted by molar-refractivity contribution is 0.0695. The van der Waals surface area contributed by atoms with Crippen LogP contribution >= 0.6 is 0 Å². The van der Waals surface area contributed by atoms with E-state index in [0.717, 1.165) is 35.5 Å². The van der Waals surface area contributed by atoms with E-state index < -0.39 is 17.6 Å². The molecule has 0 spiro atoms. The molecule has 8 nitrogen and oxygen atoms in total. The van der Waals surface area contributed by atoms with Gasteiger partial charge in [-0.15, -0.1) is 0 Å². The smallest absolute Gasteiger partial charge is 0.336 e. The van der Waals surface area contributed by atoms with E-state index in [1.165, 1.54) is 12.1 Å². The second-order valence-electron chi connectivity index (χ2n) is 10.8. The Morgan fingerprint density at radius 3 is 2.25 bits per heavy atom. The topological polar surface area (TPSA) is 96.3 Å². The Labute approximate surface area is 252 Å². The van der Waals surface area contributed by atoms with E-state index in [2.05, 4.69) is 20.0 Å². The Balaban J connectivity index is 1.22. The minimum Gasteiger partial charge on any atom is -0.478 e. The lowest BCUT2D eigenvalue weighted by atomic mass is 9.98. The number of H-pyrrole nitrogens is 1. The van der Waals surface area contributed by atoms with E-state index in [4.69, 9.17) is 4.74 Å². The molecule has 0 unspecified atom stereocenters. The van der Waals surface area contributed by atoms with Crippen LogP contribution in [-0.2, 0) is 6.54 Å². The fraction of sp³-hybridized carbons (Fsp3) is 0.147. The summed E-state index contributed by atoms with van der Waals surface area (Å²) in [7, 11) is 4.06. The standard InChI is InChI=1S/C34H29F2N5O3/c1-20-4-13-25(18-26(20)33(42)43)44-34-37-29-19-27(35)30(31(36)32(29)38-34)24-11-7-22(8-12-24)21-5-9-23(10-6-21)28-14-15-41(39-28)17-16-40(2)3/h4-15,18-19H,16-17H2,1-3H3,(H,37,38)(H,42,43). The first-order chi connectivity index (χ1) is 21.2. The molecule has 2 heterocycles. The minimum absolute atomic E-state index is 0.0698. The maximum Gasteiger partial charge on any atom is 0.336 e. The number of likely N-dealkylation sites (N-methyl/N-ethyl adjacent to an activating group) is 1.